The Balaban J connectivity index is 1.95. The lowest BCUT2D eigenvalue weighted by Crippen LogP contribution is -2.36. The Morgan fingerprint density at radius 1 is 1.24 bits per heavy atom. The molecule has 0 saturated carbocycles. The molecule has 8 nitrogen and oxygen atoms in total. The minimum Gasteiger partial charge on any atom is -0.270 e. The van der Waals surface area contributed by atoms with Crippen LogP contribution in [0.1, 0.15) is 23.9 Å². The molecule has 2 aromatic rings. The standard InChI is InChI=1S/C14H18N4O4S3/c1-3-24(19,20)18-8-4-5-11-9-12(6-7-13(11)18)25(21,22)17-14-16-15-10(2)23-14/h6-7,9H,3-5,8H2,1-2H3,(H,16,17). The van der Waals surface area contributed by atoms with Crippen LogP contribution in [0.5, 0.6) is 0 Å². The first-order valence-corrected chi connectivity index (χ1v) is 11.6. The van der Waals surface area contributed by atoms with Crippen molar-refractivity contribution in [1.29, 1.82) is 0 Å². The van der Waals surface area contributed by atoms with Crippen LogP contribution in [-0.4, -0.2) is 39.3 Å². The van der Waals surface area contributed by atoms with Crippen molar-refractivity contribution in [2.24, 2.45) is 0 Å². The van der Waals surface area contributed by atoms with Crippen molar-refractivity contribution in [2.75, 3.05) is 21.3 Å². The number of aryl methyl sites for hydroxylation is 2. The van der Waals surface area contributed by atoms with Crippen molar-refractivity contribution in [3.8, 4) is 0 Å². The quantitative estimate of drug-likeness (QED) is 0.816. The molecular formula is C14H18N4O4S3. The number of hydrogen-bond acceptors (Lipinski definition) is 7. The van der Waals surface area contributed by atoms with Gasteiger partial charge < -0.3 is 0 Å². The molecular weight excluding hydrogens is 384 g/mol. The molecule has 1 aliphatic rings. The normalized spacial score (nSPS) is 15.0. The minimum atomic E-state index is -3.80. The second-order valence-corrected chi connectivity index (χ2v) is 10.6. The van der Waals surface area contributed by atoms with Crippen molar-refractivity contribution in [2.45, 2.75) is 31.6 Å². The fourth-order valence-electron chi connectivity index (χ4n) is 2.66. The van der Waals surface area contributed by atoms with Crippen LogP contribution in [0.3, 0.4) is 0 Å². The van der Waals surface area contributed by atoms with Gasteiger partial charge in [0.05, 0.1) is 16.3 Å². The number of nitrogens with zero attached hydrogens (tertiary/aromatic N) is 3. The molecule has 25 heavy (non-hydrogen) atoms. The van der Waals surface area contributed by atoms with Crippen LogP contribution < -0.4 is 9.03 Å². The van der Waals surface area contributed by atoms with Crippen molar-refractivity contribution in [3.05, 3.63) is 28.8 Å². The summed E-state index contributed by atoms with van der Waals surface area (Å²) in [7, 11) is -7.18. The van der Waals surface area contributed by atoms with Gasteiger partial charge in [-0.3, -0.25) is 9.03 Å². The predicted molar refractivity (Wildman–Crippen MR) is 97.0 cm³/mol. The first-order chi connectivity index (χ1) is 11.7. The SMILES string of the molecule is CCS(=O)(=O)N1CCCc2cc(S(=O)(=O)Nc3nnc(C)s3)ccc21. The lowest BCUT2D eigenvalue weighted by Gasteiger charge is -2.30. The van der Waals surface area contributed by atoms with Crippen LogP contribution in [-0.2, 0) is 26.5 Å². The van der Waals surface area contributed by atoms with Crippen LogP contribution in [0.4, 0.5) is 10.8 Å². The molecule has 0 atom stereocenters. The number of benzene rings is 1. The number of nitrogens with one attached hydrogen (secondary N) is 1. The van der Waals surface area contributed by atoms with Crippen LogP contribution in [0.15, 0.2) is 23.1 Å². The average molecular weight is 403 g/mol. The summed E-state index contributed by atoms with van der Waals surface area (Å²) in [4.78, 5) is 0.0786. The van der Waals surface area contributed by atoms with Crippen LogP contribution in [0.2, 0.25) is 0 Å². The molecule has 1 aromatic carbocycles. The van der Waals surface area contributed by atoms with Gasteiger partial charge in [-0.25, -0.2) is 16.8 Å². The fraction of sp³-hybridized carbons (Fsp3) is 0.429. The van der Waals surface area contributed by atoms with Gasteiger partial charge in [0.2, 0.25) is 15.2 Å². The second-order valence-electron chi connectivity index (χ2n) is 5.60. The molecule has 2 heterocycles. The maximum Gasteiger partial charge on any atom is 0.263 e. The Hall–Kier alpha value is -1.72. The number of rotatable bonds is 5. The maximum atomic E-state index is 12.5. The summed E-state index contributed by atoms with van der Waals surface area (Å²) >= 11 is 1.14. The Morgan fingerprint density at radius 3 is 2.64 bits per heavy atom. The van der Waals surface area contributed by atoms with E-state index in [2.05, 4.69) is 14.9 Å². The molecule has 0 unspecified atom stereocenters. The van der Waals surface area contributed by atoms with Crippen molar-refractivity contribution in [3.63, 3.8) is 0 Å². The Bertz CT molecular complexity index is 999. The van der Waals surface area contributed by atoms with E-state index in [0.29, 0.717) is 35.6 Å². The van der Waals surface area contributed by atoms with Gasteiger partial charge in [0.25, 0.3) is 10.0 Å². The molecule has 0 amide bonds. The fourth-order valence-corrected chi connectivity index (χ4v) is 5.73. The molecule has 1 aliphatic heterocycles. The Kier molecular flexibility index (Phi) is 4.73. The third-order valence-electron chi connectivity index (χ3n) is 3.89. The summed E-state index contributed by atoms with van der Waals surface area (Å²) in [6.45, 7) is 3.74. The lowest BCUT2D eigenvalue weighted by atomic mass is 10.0. The van der Waals surface area contributed by atoms with E-state index in [4.69, 9.17) is 0 Å². The molecule has 0 spiro atoms. The van der Waals surface area contributed by atoms with E-state index < -0.39 is 20.0 Å². The molecule has 0 bridgehead atoms. The molecule has 1 N–H and O–H groups in total. The number of hydrogen-bond donors (Lipinski definition) is 1. The molecule has 1 aromatic heterocycles. The first kappa shape index (κ1) is 18.1. The van der Waals surface area contributed by atoms with E-state index in [0.717, 1.165) is 11.3 Å². The van der Waals surface area contributed by atoms with Crippen LogP contribution in [0, 0.1) is 6.92 Å². The highest BCUT2D eigenvalue weighted by molar-refractivity contribution is 7.93. The maximum absolute atomic E-state index is 12.5. The third kappa shape index (κ3) is 3.62. The zero-order chi connectivity index (χ0) is 18.2. The zero-order valence-corrected chi connectivity index (χ0v) is 16.2. The molecule has 0 saturated heterocycles. The molecule has 0 aliphatic carbocycles. The molecule has 0 fully saturated rings. The summed E-state index contributed by atoms with van der Waals surface area (Å²) in [6.07, 6.45) is 1.28. The van der Waals surface area contributed by atoms with E-state index in [9.17, 15) is 16.8 Å². The number of aromatic nitrogens is 2. The smallest absolute Gasteiger partial charge is 0.263 e. The lowest BCUT2D eigenvalue weighted by molar-refractivity contribution is 0.587. The second kappa shape index (κ2) is 6.54. The highest BCUT2D eigenvalue weighted by atomic mass is 32.2. The van der Waals surface area contributed by atoms with E-state index in [1.54, 1.807) is 19.9 Å². The summed E-state index contributed by atoms with van der Waals surface area (Å²) in [6, 6.07) is 4.50. The Labute approximate surface area is 151 Å². The average Bonchev–Trinajstić information content (AvgIpc) is 2.97. The molecule has 3 rings (SSSR count). The van der Waals surface area contributed by atoms with Gasteiger partial charge in [0.1, 0.15) is 5.01 Å². The molecule has 0 radical (unpaired) electrons. The minimum absolute atomic E-state index is 0.00441. The highest BCUT2D eigenvalue weighted by Crippen LogP contribution is 2.32. The zero-order valence-electron chi connectivity index (χ0n) is 13.8. The van der Waals surface area contributed by atoms with Gasteiger partial charge in [0, 0.05) is 6.54 Å². The summed E-state index contributed by atoms with van der Waals surface area (Å²) in [5.74, 6) is 0.00441. The predicted octanol–water partition coefficient (Wildman–Crippen LogP) is 1.75. The van der Waals surface area contributed by atoms with Gasteiger partial charge >= 0.3 is 0 Å². The van der Waals surface area contributed by atoms with Crippen molar-refractivity contribution in [1.82, 2.24) is 10.2 Å². The van der Waals surface area contributed by atoms with Gasteiger partial charge in [0.15, 0.2) is 0 Å². The number of anilines is 2. The largest absolute Gasteiger partial charge is 0.270 e. The number of fused-ring (bicyclic) bond motifs is 1. The molecule has 136 valence electrons. The van der Waals surface area contributed by atoms with Crippen molar-refractivity contribution < 1.29 is 16.8 Å². The summed E-state index contributed by atoms with van der Waals surface area (Å²) in [5, 5.41) is 8.39. The van der Waals surface area contributed by atoms with E-state index in [1.165, 1.54) is 16.4 Å². The molecule has 11 heteroatoms. The van der Waals surface area contributed by atoms with E-state index in [1.807, 2.05) is 0 Å². The number of sulfonamides is 2. The third-order valence-corrected chi connectivity index (χ3v) is 7.89. The van der Waals surface area contributed by atoms with E-state index in [-0.39, 0.29) is 15.8 Å². The van der Waals surface area contributed by atoms with Crippen LogP contribution in [0.25, 0.3) is 0 Å². The monoisotopic (exact) mass is 402 g/mol. The topological polar surface area (TPSA) is 109 Å². The van der Waals surface area contributed by atoms with Gasteiger partial charge in [-0.05, 0) is 50.5 Å². The van der Waals surface area contributed by atoms with Gasteiger partial charge in [-0.1, -0.05) is 11.3 Å². The first-order valence-electron chi connectivity index (χ1n) is 7.69. The van der Waals surface area contributed by atoms with Crippen molar-refractivity contribution >= 4 is 42.2 Å². The van der Waals surface area contributed by atoms with Gasteiger partial charge in [-0.2, -0.15) is 0 Å². The highest BCUT2D eigenvalue weighted by Gasteiger charge is 2.27. The van der Waals surface area contributed by atoms with Crippen LogP contribution >= 0.6 is 11.3 Å². The summed E-state index contributed by atoms with van der Waals surface area (Å²) in [5.41, 5.74) is 1.26. The van der Waals surface area contributed by atoms with E-state index >= 15 is 0 Å². The summed E-state index contributed by atoms with van der Waals surface area (Å²) < 4.78 is 53.3. The van der Waals surface area contributed by atoms with Gasteiger partial charge in [-0.15, -0.1) is 10.2 Å². The Morgan fingerprint density at radius 2 is 2.00 bits per heavy atom.